The van der Waals surface area contributed by atoms with Crippen LogP contribution >= 0.6 is 0 Å². The minimum Gasteiger partial charge on any atom is -1.00 e. The molecule has 7 heavy (non-hydrogen) atoms. The van der Waals surface area contributed by atoms with Crippen molar-refractivity contribution in [1.29, 1.82) is 0 Å². The van der Waals surface area contributed by atoms with Gasteiger partial charge in [-0.2, -0.15) is 0 Å². The minimum atomic E-state index is 0. The van der Waals surface area contributed by atoms with Crippen LogP contribution in [0.5, 0.6) is 0 Å². The average molecular weight is 176 g/mol. The predicted molar refractivity (Wildman–Crippen MR) is 32.4 cm³/mol. The van der Waals surface area contributed by atoms with Crippen molar-refractivity contribution in [1.82, 2.24) is 0 Å². The number of hydrogen-bond donors (Lipinski definition) is 0. The Labute approximate surface area is 86.4 Å². The van der Waals surface area contributed by atoms with Crippen molar-refractivity contribution in [2.75, 3.05) is 0 Å². The molecule has 4 nitrogen and oxygen atoms in total. The summed E-state index contributed by atoms with van der Waals surface area (Å²) in [6.45, 7) is 0. The molecule has 7 heteroatoms. The molecule has 0 saturated carbocycles. The summed E-state index contributed by atoms with van der Waals surface area (Å²) in [5, 5.41) is 0. The van der Waals surface area contributed by atoms with Gasteiger partial charge in [0.15, 0.2) is 17.4 Å². The maximum atomic E-state index is 0. The summed E-state index contributed by atoms with van der Waals surface area (Å²) < 4.78 is 0. The molecule has 0 fully saturated rings. The Morgan fingerprint density at radius 1 is 0.714 bits per heavy atom. The van der Waals surface area contributed by atoms with Crippen LogP contribution in [0.2, 0.25) is 0 Å². The van der Waals surface area contributed by atoms with Crippen molar-refractivity contribution in [3.8, 4) is 0 Å². The van der Waals surface area contributed by atoms with Crippen molar-refractivity contribution in [3.63, 3.8) is 0 Å². The first kappa shape index (κ1) is 159. The van der Waals surface area contributed by atoms with Crippen LogP contribution in [-0.4, -0.2) is 62.3 Å². The van der Waals surface area contributed by atoms with Gasteiger partial charge in [-0.25, -0.2) is 0 Å². The topological polar surface area (TPSA) is 126 Å². The molecule has 0 amide bonds. The number of rotatable bonds is 0. The Morgan fingerprint density at radius 2 is 0.714 bits per heavy atom. The van der Waals surface area contributed by atoms with Gasteiger partial charge < -0.3 is 24.8 Å². The summed E-state index contributed by atoms with van der Waals surface area (Å²) in [7, 11) is 0. The quantitative estimate of drug-likeness (QED) is 0.329. The molecule has 46 valence electrons. The first-order valence-corrected chi connectivity index (χ1v) is 0. The molecule has 0 aliphatic carbocycles. The van der Waals surface area contributed by atoms with Gasteiger partial charge in [0, 0.05) is 21.7 Å². The third-order valence-corrected chi connectivity index (χ3v) is 0. The molecule has 0 aliphatic rings. The molecule has 0 radical (unpaired) electrons. The molecular formula is H13AlMgO4Ti. The molecule has 0 atom stereocenters. The predicted octanol–water partition coefficient (Wildman–Crippen LogP) is -4.64. The molecule has 0 bridgehead atoms. The van der Waals surface area contributed by atoms with Crippen LogP contribution in [0.1, 0.15) is 2.85 Å². The van der Waals surface area contributed by atoms with Crippen molar-refractivity contribution < 1.29 is 46.5 Å². The van der Waals surface area contributed by atoms with Gasteiger partial charge in [0.05, 0.1) is 0 Å². The summed E-state index contributed by atoms with van der Waals surface area (Å²) in [5.74, 6) is 0. The Bertz CT molecular complexity index is 18.5. The minimum absolute atomic E-state index is 0. The van der Waals surface area contributed by atoms with Gasteiger partial charge in [-0.1, -0.05) is 0 Å². The molecule has 0 rings (SSSR count). The zero-order valence-electron chi connectivity index (χ0n) is 5.21. The van der Waals surface area contributed by atoms with Crippen LogP contribution in [0, 0.1) is 0 Å². The average Bonchev–Trinajstić information content (AvgIpc) is 0. The molecule has 0 aromatic heterocycles. The van der Waals surface area contributed by atoms with Crippen LogP contribution in [0.4, 0.5) is 0 Å². The smallest absolute Gasteiger partial charge is 1.00 e. The van der Waals surface area contributed by atoms with Crippen LogP contribution in [-0.2, 0) is 21.7 Å². The SMILES string of the molecule is O.O.O.O.[AlH3].[H-].[H-].[Mg+2].[Ti]. The van der Waals surface area contributed by atoms with Crippen molar-refractivity contribution >= 4 is 40.4 Å². The van der Waals surface area contributed by atoms with E-state index in [0.717, 1.165) is 0 Å². The summed E-state index contributed by atoms with van der Waals surface area (Å²) in [6, 6.07) is 0. The molecule has 0 unspecified atom stereocenters. The Morgan fingerprint density at radius 3 is 0.714 bits per heavy atom. The van der Waals surface area contributed by atoms with Gasteiger partial charge in [0.1, 0.15) is 0 Å². The molecule has 0 saturated heterocycles. The zero-order valence-corrected chi connectivity index (χ0v) is 6.18. The van der Waals surface area contributed by atoms with Crippen LogP contribution < -0.4 is 0 Å². The van der Waals surface area contributed by atoms with E-state index in [0.29, 0.717) is 0 Å². The second kappa shape index (κ2) is 107. The van der Waals surface area contributed by atoms with E-state index in [-0.39, 0.29) is 86.9 Å². The van der Waals surface area contributed by atoms with Gasteiger partial charge in [-0.05, 0) is 0 Å². The van der Waals surface area contributed by atoms with Crippen LogP contribution in [0.15, 0.2) is 0 Å². The molecule has 0 aromatic carbocycles. The van der Waals surface area contributed by atoms with Gasteiger partial charge in [0.2, 0.25) is 0 Å². The summed E-state index contributed by atoms with van der Waals surface area (Å²) in [4.78, 5) is 0. The maximum absolute atomic E-state index is 0. The number of hydrogen-bond acceptors (Lipinski definition) is 0. The maximum Gasteiger partial charge on any atom is 2.00 e. The molecule has 0 aliphatic heterocycles. The summed E-state index contributed by atoms with van der Waals surface area (Å²) >= 11 is 0. The third kappa shape index (κ3) is 78.4. The monoisotopic (exact) mass is 176 g/mol. The largest absolute Gasteiger partial charge is 2.00 e. The van der Waals surface area contributed by atoms with E-state index in [1.807, 2.05) is 0 Å². The van der Waals surface area contributed by atoms with Crippen molar-refractivity contribution in [2.45, 2.75) is 0 Å². The van der Waals surface area contributed by atoms with Crippen LogP contribution in [0.3, 0.4) is 0 Å². The fourth-order valence-electron chi connectivity index (χ4n) is 0. The van der Waals surface area contributed by atoms with E-state index >= 15 is 0 Å². The van der Waals surface area contributed by atoms with Gasteiger partial charge in [-0.15, -0.1) is 0 Å². The van der Waals surface area contributed by atoms with Crippen molar-refractivity contribution in [3.05, 3.63) is 0 Å². The first-order chi connectivity index (χ1) is 0. The van der Waals surface area contributed by atoms with Gasteiger partial charge in [0.25, 0.3) is 0 Å². The van der Waals surface area contributed by atoms with E-state index in [4.69, 9.17) is 0 Å². The normalized spacial score (nSPS) is 0. The fraction of sp³-hybridized carbons (Fsp3) is 0. The van der Waals surface area contributed by atoms with E-state index in [9.17, 15) is 0 Å². The Kier molecular flexibility index (Phi) is 2440. The molecule has 0 spiro atoms. The second-order valence-corrected chi connectivity index (χ2v) is 0. The fourth-order valence-corrected chi connectivity index (χ4v) is 0. The summed E-state index contributed by atoms with van der Waals surface area (Å²) in [6.07, 6.45) is 0. The van der Waals surface area contributed by atoms with E-state index in [1.165, 1.54) is 0 Å². The molecule has 0 aromatic rings. The first-order valence-electron chi connectivity index (χ1n) is 0. The van der Waals surface area contributed by atoms with E-state index in [1.54, 1.807) is 0 Å². The van der Waals surface area contributed by atoms with Crippen LogP contribution in [0.25, 0.3) is 0 Å². The second-order valence-electron chi connectivity index (χ2n) is 0. The van der Waals surface area contributed by atoms with Gasteiger partial charge >= 0.3 is 23.1 Å². The molecule has 8 N–H and O–H groups in total. The zero-order chi connectivity index (χ0) is 0. The molecular weight excluding hydrogens is 163 g/mol. The van der Waals surface area contributed by atoms with Gasteiger partial charge in [-0.3, -0.25) is 0 Å². The Balaban J connectivity index is 0. The standard InChI is InChI=1S/Al.Mg.4H2O.Ti.5H/h;;4*1H2;;;;;;/q;+2;;;;;;;;;2*-1. The third-order valence-electron chi connectivity index (χ3n) is 0. The van der Waals surface area contributed by atoms with Crippen molar-refractivity contribution in [2.24, 2.45) is 0 Å². The van der Waals surface area contributed by atoms with E-state index < -0.39 is 0 Å². The molecule has 0 heterocycles. The van der Waals surface area contributed by atoms with E-state index in [2.05, 4.69) is 0 Å². The Hall–Kier alpha value is 1.85. The summed E-state index contributed by atoms with van der Waals surface area (Å²) in [5.41, 5.74) is 0.